The molecular formula is C22H23N3O5. The maximum Gasteiger partial charge on any atom is 0.344 e. The number of hydrogen-bond acceptors (Lipinski definition) is 5. The Morgan fingerprint density at radius 1 is 1.10 bits per heavy atom. The van der Waals surface area contributed by atoms with E-state index in [0.717, 1.165) is 11.1 Å². The van der Waals surface area contributed by atoms with Crippen LogP contribution in [0.1, 0.15) is 34.8 Å². The van der Waals surface area contributed by atoms with Crippen molar-refractivity contribution in [2.75, 3.05) is 6.61 Å². The first-order valence-electron chi connectivity index (χ1n) is 9.52. The molecule has 8 nitrogen and oxygen atoms in total. The van der Waals surface area contributed by atoms with Crippen LogP contribution >= 0.6 is 0 Å². The van der Waals surface area contributed by atoms with Crippen molar-refractivity contribution in [3.63, 3.8) is 0 Å². The van der Waals surface area contributed by atoms with Crippen LogP contribution in [-0.2, 0) is 20.7 Å². The van der Waals surface area contributed by atoms with Gasteiger partial charge in [0.1, 0.15) is 5.54 Å². The Labute approximate surface area is 174 Å². The maximum atomic E-state index is 12.7. The molecule has 0 aliphatic carbocycles. The summed E-state index contributed by atoms with van der Waals surface area (Å²) in [6, 6.07) is 15.6. The molecule has 1 saturated heterocycles. The van der Waals surface area contributed by atoms with Crippen molar-refractivity contribution in [1.29, 1.82) is 0 Å². The van der Waals surface area contributed by atoms with E-state index in [-0.39, 0.29) is 0 Å². The van der Waals surface area contributed by atoms with Crippen LogP contribution in [0.2, 0.25) is 0 Å². The number of imide groups is 1. The van der Waals surface area contributed by atoms with Gasteiger partial charge < -0.3 is 10.1 Å². The third-order valence-electron chi connectivity index (χ3n) is 4.84. The summed E-state index contributed by atoms with van der Waals surface area (Å²) < 4.78 is 4.96. The van der Waals surface area contributed by atoms with Crippen LogP contribution < -0.4 is 10.7 Å². The van der Waals surface area contributed by atoms with Crippen molar-refractivity contribution in [2.45, 2.75) is 32.2 Å². The standard InChI is InChI=1S/C22H23N3O5/c1-15-7-6-10-17(13-15)19(27)30-14-18(26)24-25-20(28)22(2,23-21(25)29)12-11-16-8-4-3-5-9-16/h3-10,13H,11-12,14H2,1-2H3,(H,23,29)(H,24,26)/t22-/m0/s1. The van der Waals surface area contributed by atoms with Crippen LogP contribution in [-0.4, -0.2) is 41.0 Å². The summed E-state index contributed by atoms with van der Waals surface area (Å²) in [4.78, 5) is 49.1. The number of carbonyl (C=O) groups is 4. The Bertz CT molecular complexity index is 976. The van der Waals surface area contributed by atoms with E-state index in [2.05, 4.69) is 10.7 Å². The zero-order valence-electron chi connectivity index (χ0n) is 16.8. The first-order valence-corrected chi connectivity index (χ1v) is 9.52. The number of hydrazine groups is 1. The highest BCUT2D eigenvalue weighted by Crippen LogP contribution is 2.22. The third-order valence-corrected chi connectivity index (χ3v) is 4.84. The van der Waals surface area contributed by atoms with Crippen LogP contribution in [0, 0.1) is 6.92 Å². The number of benzene rings is 2. The fraction of sp³-hybridized carbons (Fsp3) is 0.273. The lowest BCUT2D eigenvalue weighted by molar-refractivity contribution is -0.140. The van der Waals surface area contributed by atoms with Gasteiger partial charge in [-0.25, -0.2) is 9.59 Å². The molecular weight excluding hydrogens is 386 g/mol. The van der Waals surface area contributed by atoms with Gasteiger partial charge in [0, 0.05) is 0 Å². The molecule has 0 bridgehead atoms. The Morgan fingerprint density at radius 3 is 2.53 bits per heavy atom. The van der Waals surface area contributed by atoms with E-state index < -0.39 is 36.0 Å². The highest BCUT2D eigenvalue weighted by Gasteiger charge is 2.48. The van der Waals surface area contributed by atoms with Gasteiger partial charge in [0.05, 0.1) is 5.56 Å². The van der Waals surface area contributed by atoms with Crippen LogP contribution in [0.4, 0.5) is 4.79 Å². The number of amides is 4. The van der Waals surface area contributed by atoms with E-state index in [0.29, 0.717) is 23.4 Å². The SMILES string of the molecule is Cc1cccc(C(=O)OCC(=O)NN2C(=O)N[C@@](C)(CCc3ccccc3)C2=O)c1. The summed E-state index contributed by atoms with van der Waals surface area (Å²) in [5.74, 6) is -2.02. The fourth-order valence-electron chi connectivity index (χ4n) is 3.14. The highest BCUT2D eigenvalue weighted by atomic mass is 16.5. The molecule has 1 aliphatic heterocycles. The minimum absolute atomic E-state index is 0.311. The molecule has 1 atom stereocenters. The van der Waals surface area contributed by atoms with Crippen molar-refractivity contribution in [3.8, 4) is 0 Å². The van der Waals surface area contributed by atoms with Gasteiger partial charge in [-0.1, -0.05) is 48.0 Å². The van der Waals surface area contributed by atoms with Gasteiger partial charge in [-0.3, -0.25) is 15.0 Å². The summed E-state index contributed by atoms with van der Waals surface area (Å²) in [5.41, 5.74) is 3.29. The Kier molecular flexibility index (Phi) is 6.15. The Hall–Kier alpha value is -3.68. The van der Waals surface area contributed by atoms with E-state index in [9.17, 15) is 19.2 Å². The summed E-state index contributed by atoms with van der Waals surface area (Å²) in [7, 11) is 0. The minimum atomic E-state index is -1.14. The number of esters is 1. The second-order valence-electron chi connectivity index (χ2n) is 7.37. The molecule has 0 spiro atoms. The quantitative estimate of drug-likeness (QED) is 0.538. The van der Waals surface area contributed by atoms with Gasteiger partial charge in [-0.05, 0) is 44.4 Å². The first kappa shape index (κ1) is 21.0. The number of hydrogen-bond donors (Lipinski definition) is 2. The minimum Gasteiger partial charge on any atom is -0.452 e. The average molecular weight is 409 g/mol. The lowest BCUT2D eigenvalue weighted by Crippen LogP contribution is -2.50. The predicted molar refractivity (Wildman–Crippen MR) is 108 cm³/mol. The van der Waals surface area contributed by atoms with Crippen LogP contribution in [0.15, 0.2) is 54.6 Å². The molecule has 0 unspecified atom stereocenters. The predicted octanol–water partition coefficient (Wildman–Crippen LogP) is 2.13. The third kappa shape index (κ3) is 4.83. The van der Waals surface area contributed by atoms with Crippen molar-refractivity contribution in [2.24, 2.45) is 0 Å². The number of rotatable bonds is 7. The molecule has 1 aliphatic rings. The summed E-state index contributed by atoms with van der Waals surface area (Å²) >= 11 is 0. The monoisotopic (exact) mass is 409 g/mol. The Balaban J connectivity index is 1.54. The molecule has 0 saturated carbocycles. The fourth-order valence-corrected chi connectivity index (χ4v) is 3.14. The molecule has 0 aromatic heterocycles. The van der Waals surface area contributed by atoms with Gasteiger partial charge in [0.15, 0.2) is 6.61 Å². The molecule has 0 radical (unpaired) electrons. The van der Waals surface area contributed by atoms with Gasteiger partial charge in [0.25, 0.3) is 11.8 Å². The highest BCUT2D eigenvalue weighted by molar-refractivity contribution is 6.07. The van der Waals surface area contributed by atoms with Crippen molar-refractivity contribution in [3.05, 3.63) is 71.3 Å². The summed E-state index contributed by atoms with van der Waals surface area (Å²) in [6.45, 7) is 2.82. The molecule has 2 N–H and O–H groups in total. The topological polar surface area (TPSA) is 105 Å². The molecule has 1 fully saturated rings. The van der Waals surface area contributed by atoms with Crippen molar-refractivity contribution >= 4 is 23.8 Å². The summed E-state index contributed by atoms with van der Waals surface area (Å²) in [5, 5.41) is 3.25. The van der Waals surface area contributed by atoms with E-state index in [1.54, 1.807) is 25.1 Å². The number of nitrogens with zero attached hydrogens (tertiary/aromatic N) is 1. The second-order valence-corrected chi connectivity index (χ2v) is 7.37. The summed E-state index contributed by atoms with van der Waals surface area (Å²) in [6.07, 6.45) is 0.954. The van der Waals surface area contributed by atoms with Crippen molar-refractivity contribution < 1.29 is 23.9 Å². The number of ether oxygens (including phenoxy) is 1. The van der Waals surface area contributed by atoms with Gasteiger partial charge >= 0.3 is 12.0 Å². The lowest BCUT2D eigenvalue weighted by atomic mass is 9.93. The second kappa shape index (κ2) is 8.77. The molecule has 8 heteroatoms. The zero-order chi connectivity index (χ0) is 21.7. The molecule has 30 heavy (non-hydrogen) atoms. The van der Waals surface area contributed by atoms with E-state index >= 15 is 0 Å². The van der Waals surface area contributed by atoms with Crippen molar-refractivity contribution in [1.82, 2.24) is 15.8 Å². The number of nitrogens with one attached hydrogen (secondary N) is 2. The first-order chi connectivity index (χ1) is 14.3. The number of carbonyl (C=O) groups excluding carboxylic acids is 4. The van der Waals surface area contributed by atoms with E-state index in [1.807, 2.05) is 43.3 Å². The lowest BCUT2D eigenvalue weighted by Gasteiger charge is -2.21. The molecule has 2 aromatic rings. The van der Waals surface area contributed by atoms with Crippen LogP contribution in [0.5, 0.6) is 0 Å². The number of urea groups is 1. The molecule has 1 heterocycles. The Morgan fingerprint density at radius 2 is 1.83 bits per heavy atom. The molecule has 3 rings (SSSR count). The zero-order valence-corrected chi connectivity index (χ0v) is 16.8. The van der Waals surface area contributed by atoms with E-state index in [4.69, 9.17) is 4.74 Å². The molecule has 4 amide bonds. The largest absolute Gasteiger partial charge is 0.452 e. The van der Waals surface area contributed by atoms with Gasteiger partial charge in [-0.15, -0.1) is 0 Å². The normalized spacial score (nSPS) is 18.1. The number of aryl methyl sites for hydroxylation is 2. The van der Waals surface area contributed by atoms with Gasteiger partial charge in [0.2, 0.25) is 0 Å². The van der Waals surface area contributed by atoms with Gasteiger partial charge in [-0.2, -0.15) is 5.01 Å². The smallest absolute Gasteiger partial charge is 0.344 e. The maximum absolute atomic E-state index is 12.7. The molecule has 156 valence electrons. The molecule has 2 aromatic carbocycles. The van der Waals surface area contributed by atoms with E-state index in [1.165, 1.54) is 0 Å². The average Bonchev–Trinajstić information content (AvgIpc) is 2.94. The van der Waals surface area contributed by atoms with Crippen LogP contribution in [0.25, 0.3) is 0 Å². The van der Waals surface area contributed by atoms with Crippen LogP contribution in [0.3, 0.4) is 0 Å².